The van der Waals surface area contributed by atoms with Gasteiger partial charge in [-0.05, 0) is 56.9 Å². The molecule has 0 unspecified atom stereocenters. The van der Waals surface area contributed by atoms with E-state index < -0.39 is 0 Å². The number of benzene rings is 1. The zero-order valence-electron chi connectivity index (χ0n) is 18.6. The van der Waals surface area contributed by atoms with Crippen molar-refractivity contribution < 1.29 is 18.7 Å². The van der Waals surface area contributed by atoms with Crippen LogP contribution in [0.5, 0.6) is 5.75 Å². The first kappa shape index (κ1) is 22.2. The Kier molecular flexibility index (Phi) is 6.67. The number of piperidine rings is 1. The highest BCUT2D eigenvalue weighted by Crippen LogP contribution is 2.32. The predicted molar refractivity (Wildman–Crippen MR) is 118 cm³/mol. The number of anilines is 1. The number of ether oxygens (including phenoxy) is 1. The second-order valence-electron chi connectivity index (χ2n) is 8.41. The van der Waals surface area contributed by atoms with Gasteiger partial charge in [0.15, 0.2) is 6.61 Å². The van der Waals surface area contributed by atoms with Gasteiger partial charge in [0, 0.05) is 43.2 Å². The Morgan fingerprint density at radius 3 is 2.56 bits per heavy atom. The molecule has 0 bridgehead atoms. The minimum atomic E-state index is -0.340. The normalized spacial score (nSPS) is 16.8. The summed E-state index contributed by atoms with van der Waals surface area (Å²) >= 11 is 0. The summed E-state index contributed by atoms with van der Waals surface area (Å²) in [6.07, 6.45) is 3.62. The van der Waals surface area contributed by atoms with Crippen LogP contribution in [0.15, 0.2) is 24.3 Å². The monoisotopic (exact) mass is 440 g/mol. The summed E-state index contributed by atoms with van der Waals surface area (Å²) < 4.78 is 18.5. The lowest BCUT2D eigenvalue weighted by Gasteiger charge is -2.33. The second kappa shape index (κ2) is 9.63. The Bertz CT molecular complexity index is 987. The van der Waals surface area contributed by atoms with Gasteiger partial charge < -0.3 is 9.64 Å². The number of carbonyl (C=O) groups is 2. The molecule has 1 aromatic carbocycles. The van der Waals surface area contributed by atoms with Crippen LogP contribution in [0.1, 0.15) is 55.6 Å². The molecule has 0 aliphatic carbocycles. The van der Waals surface area contributed by atoms with Gasteiger partial charge >= 0.3 is 0 Å². The van der Waals surface area contributed by atoms with Crippen molar-refractivity contribution in [3.8, 4) is 5.75 Å². The molecule has 7 nitrogen and oxygen atoms in total. The van der Waals surface area contributed by atoms with Crippen LogP contribution in [0.4, 0.5) is 10.2 Å². The van der Waals surface area contributed by atoms with Crippen LogP contribution in [0, 0.1) is 12.7 Å². The van der Waals surface area contributed by atoms with Crippen LogP contribution in [-0.2, 0) is 16.0 Å². The van der Waals surface area contributed by atoms with Crippen molar-refractivity contribution in [2.24, 2.45) is 0 Å². The number of likely N-dealkylation sites (tertiary alicyclic amines) is 1. The Balaban J connectivity index is 1.38. The first-order valence-electron chi connectivity index (χ1n) is 11.3. The number of hydrogen-bond donors (Lipinski definition) is 0. The largest absolute Gasteiger partial charge is 0.484 e. The second-order valence-corrected chi connectivity index (χ2v) is 8.41. The van der Waals surface area contributed by atoms with Crippen molar-refractivity contribution in [1.82, 2.24) is 14.9 Å². The number of halogens is 1. The molecule has 2 aromatic rings. The average Bonchev–Trinajstić information content (AvgIpc) is 2.80. The molecule has 170 valence electrons. The molecular formula is C24H29FN4O3. The minimum Gasteiger partial charge on any atom is -0.484 e. The summed E-state index contributed by atoms with van der Waals surface area (Å²) in [6, 6.07) is 5.64. The fourth-order valence-corrected chi connectivity index (χ4v) is 4.39. The number of aryl methyl sites for hydroxylation is 1. The number of amides is 2. The third-order valence-electron chi connectivity index (χ3n) is 6.19. The van der Waals surface area contributed by atoms with Gasteiger partial charge in [-0.15, -0.1) is 0 Å². The molecule has 0 N–H and O–H groups in total. The van der Waals surface area contributed by atoms with E-state index in [1.54, 1.807) is 4.90 Å². The summed E-state index contributed by atoms with van der Waals surface area (Å²) in [5.41, 5.74) is 2.03. The van der Waals surface area contributed by atoms with Gasteiger partial charge in [-0.2, -0.15) is 0 Å². The zero-order valence-corrected chi connectivity index (χ0v) is 18.6. The van der Waals surface area contributed by atoms with Crippen molar-refractivity contribution in [1.29, 1.82) is 0 Å². The number of fused-ring (bicyclic) bond motifs is 1. The van der Waals surface area contributed by atoms with Gasteiger partial charge in [0.1, 0.15) is 23.2 Å². The molecule has 1 aromatic heterocycles. The third kappa shape index (κ3) is 4.74. The van der Waals surface area contributed by atoms with E-state index >= 15 is 0 Å². The number of hydrogen-bond acceptors (Lipinski definition) is 5. The lowest BCUT2D eigenvalue weighted by atomic mass is 9.95. The molecule has 0 spiro atoms. The van der Waals surface area contributed by atoms with Crippen molar-refractivity contribution >= 4 is 17.6 Å². The van der Waals surface area contributed by atoms with E-state index in [0.29, 0.717) is 38.2 Å². The maximum atomic E-state index is 13.0. The summed E-state index contributed by atoms with van der Waals surface area (Å²) in [4.78, 5) is 38.2. The molecule has 4 rings (SSSR count). The molecule has 0 saturated carbocycles. The van der Waals surface area contributed by atoms with Crippen LogP contribution in [0.2, 0.25) is 0 Å². The lowest BCUT2D eigenvalue weighted by Crippen LogP contribution is -2.41. The Morgan fingerprint density at radius 2 is 1.88 bits per heavy atom. The fourth-order valence-electron chi connectivity index (χ4n) is 4.39. The third-order valence-corrected chi connectivity index (χ3v) is 6.19. The number of aromatic nitrogens is 2. The molecule has 2 aliphatic rings. The molecule has 1 saturated heterocycles. The summed E-state index contributed by atoms with van der Waals surface area (Å²) in [7, 11) is 0. The van der Waals surface area contributed by atoms with Gasteiger partial charge in [0.05, 0.1) is 0 Å². The molecule has 0 atom stereocenters. The summed E-state index contributed by atoms with van der Waals surface area (Å²) in [5, 5.41) is 0. The summed E-state index contributed by atoms with van der Waals surface area (Å²) in [5.74, 6) is 1.87. The van der Waals surface area contributed by atoms with E-state index in [0.717, 1.165) is 42.2 Å². The molecular weight excluding hydrogens is 411 g/mol. The van der Waals surface area contributed by atoms with Crippen LogP contribution in [-0.4, -0.2) is 52.9 Å². The highest BCUT2D eigenvalue weighted by atomic mass is 19.1. The quantitative estimate of drug-likeness (QED) is 0.688. The van der Waals surface area contributed by atoms with Gasteiger partial charge in [0.25, 0.3) is 5.91 Å². The van der Waals surface area contributed by atoms with Crippen LogP contribution in [0.25, 0.3) is 0 Å². The van der Waals surface area contributed by atoms with E-state index in [1.165, 1.54) is 24.3 Å². The Labute approximate surface area is 187 Å². The molecule has 2 aliphatic heterocycles. The van der Waals surface area contributed by atoms with Crippen LogP contribution < -0.4 is 9.64 Å². The van der Waals surface area contributed by atoms with Crippen LogP contribution >= 0.6 is 0 Å². The van der Waals surface area contributed by atoms with Gasteiger partial charge in [-0.25, -0.2) is 14.4 Å². The van der Waals surface area contributed by atoms with E-state index in [4.69, 9.17) is 14.7 Å². The maximum absolute atomic E-state index is 13.0. The smallest absolute Gasteiger partial charge is 0.260 e. The SMILES string of the molecule is CCCN1C(=O)CCc2c(C)nc(C3CCN(C(=O)COc4ccc(F)cc4)CC3)nc21. The molecule has 0 radical (unpaired) electrons. The zero-order chi connectivity index (χ0) is 22.7. The Hall–Kier alpha value is -3.03. The molecule has 8 heteroatoms. The lowest BCUT2D eigenvalue weighted by molar-refractivity contribution is -0.134. The molecule has 1 fully saturated rings. The minimum absolute atomic E-state index is 0.0706. The highest BCUT2D eigenvalue weighted by Gasteiger charge is 2.31. The first-order valence-corrected chi connectivity index (χ1v) is 11.3. The van der Waals surface area contributed by atoms with Gasteiger partial charge in [-0.3, -0.25) is 14.5 Å². The molecule has 2 amide bonds. The van der Waals surface area contributed by atoms with E-state index in [-0.39, 0.29) is 30.2 Å². The van der Waals surface area contributed by atoms with Crippen molar-refractivity contribution in [3.63, 3.8) is 0 Å². The Morgan fingerprint density at radius 1 is 1.16 bits per heavy atom. The van der Waals surface area contributed by atoms with Gasteiger partial charge in [0.2, 0.25) is 5.91 Å². The van der Waals surface area contributed by atoms with E-state index in [9.17, 15) is 14.0 Å². The van der Waals surface area contributed by atoms with Crippen LogP contribution in [0.3, 0.4) is 0 Å². The first-order chi connectivity index (χ1) is 15.5. The van der Waals surface area contributed by atoms with Crippen molar-refractivity contribution in [3.05, 3.63) is 47.2 Å². The number of rotatable bonds is 6. The average molecular weight is 441 g/mol. The molecule has 32 heavy (non-hydrogen) atoms. The van der Waals surface area contributed by atoms with Crippen molar-refractivity contribution in [2.45, 2.75) is 51.9 Å². The predicted octanol–water partition coefficient (Wildman–Crippen LogP) is 3.40. The van der Waals surface area contributed by atoms with E-state index in [1.807, 2.05) is 11.8 Å². The van der Waals surface area contributed by atoms with Gasteiger partial charge in [-0.1, -0.05) is 6.92 Å². The topological polar surface area (TPSA) is 75.6 Å². The highest BCUT2D eigenvalue weighted by molar-refractivity contribution is 5.95. The molecule has 3 heterocycles. The summed E-state index contributed by atoms with van der Waals surface area (Å²) in [6.45, 7) is 5.86. The standard InChI is InChI=1S/C24H29FN4O3/c1-3-12-29-21(30)9-8-20-16(2)26-23(27-24(20)29)17-10-13-28(14-11-17)22(31)15-32-19-6-4-18(25)5-7-19/h4-7,17H,3,8-15H2,1-2H3. The number of carbonyl (C=O) groups excluding carboxylic acids is 2. The van der Waals surface area contributed by atoms with E-state index in [2.05, 4.69) is 6.92 Å². The maximum Gasteiger partial charge on any atom is 0.260 e. The fraction of sp³-hybridized carbons (Fsp3) is 0.500. The van der Waals surface area contributed by atoms with Crippen molar-refractivity contribution in [2.75, 3.05) is 31.1 Å². The number of nitrogens with zero attached hydrogens (tertiary/aromatic N) is 4.